The molecule has 0 atom stereocenters. The second-order valence-corrected chi connectivity index (χ2v) is 3.93. The number of nitrogens with zero attached hydrogens (tertiary/aromatic N) is 2. The van der Waals surface area contributed by atoms with E-state index in [2.05, 4.69) is 20.6 Å². The summed E-state index contributed by atoms with van der Waals surface area (Å²) >= 11 is 0. The average molecular weight is 228 g/mol. The van der Waals surface area contributed by atoms with Crippen molar-refractivity contribution in [3.8, 4) is 5.75 Å². The summed E-state index contributed by atoms with van der Waals surface area (Å²) in [6, 6.07) is 6.97. The molecule has 17 heavy (non-hydrogen) atoms. The van der Waals surface area contributed by atoms with Gasteiger partial charge in [0.05, 0.1) is 5.69 Å². The van der Waals surface area contributed by atoms with E-state index in [1.165, 1.54) is 0 Å². The fourth-order valence-corrected chi connectivity index (χ4v) is 1.92. The Morgan fingerprint density at radius 3 is 3.06 bits per heavy atom. The van der Waals surface area contributed by atoms with Crippen LogP contribution in [0.4, 0.5) is 11.5 Å². The molecule has 0 spiro atoms. The Labute approximate surface area is 98.5 Å². The van der Waals surface area contributed by atoms with Crippen molar-refractivity contribution in [2.45, 2.75) is 13.1 Å². The number of phenols is 1. The van der Waals surface area contributed by atoms with E-state index >= 15 is 0 Å². The van der Waals surface area contributed by atoms with Crippen LogP contribution in [-0.4, -0.2) is 15.1 Å². The maximum Gasteiger partial charge on any atom is 0.138 e. The molecule has 0 bridgehead atoms. The lowest BCUT2D eigenvalue weighted by molar-refractivity contribution is 0.475. The van der Waals surface area contributed by atoms with Crippen LogP contribution in [0.25, 0.3) is 0 Å². The van der Waals surface area contributed by atoms with Crippen LogP contribution in [0.5, 0.6) is 5.75 Å². The number of phenolic OH excluding ortho intramolecular Hbond substituents is 1. The summed E-state index contributed by atoms with van der Waals surface area (Å²) in [7, 11) is 0. The molecule has 1 aromatic carbocycles. The number of rotatable bonds is 2. The first-order valence-corrected chi connectivity index (χ1v) is 5.42. The summed E-state index contributed by atoms with van der Waals surface area (Å²) in [5.74, 6) is 1.03. The lowest BCUT2D eigenvalue weighted by Gasteiger charge is -2.09. The van der Waals surface area contributed by atoms with Crippen LogP contribution >= 0.6 is 0 Å². The SMILES string of the molecule is Oc1cccc(Nc2ncnc3c2CNC3)c1. The second kappa shape index (κ2) is 4.03. The smallest absolute Gasteiger partial charge is 0.138 e. The van der Waals surface area contributed by atoms with Gasteiger partial charge < -0.3 is 15.7 Å². The minimum atomic E-state index is 0.235. The zero-order chi connectivity index (χ0) is 11.7. The summed E-state index contributed by atoms with van der Waals surface area (Å²) in [4.78, 5) is 8.45. The molecule has 3 rings (SSSR count). The molecule has 3 N–H and O–H groups in total. The van der Waals surface area contributed by atoms with Gasteiger partial charge in [-0.3, -0.25) is 0 Å². The highest BCUT2D eigenvalue weighted by Crippen LogP contribution is 2.24. The quantitative estimate of drug-likeness (QED) is 0.727. The van der Waals surface area contributed by atoms with Crippen LogP contribution in [0.2, 0.25) is 0 Å². The third-order valence-corrected chi connectivity index (χ3v) is 2.74. The van der Waals surface area contributed by atoms with Crippen LogP contribution in [0.3, 0.4) is 0 Å². The van der Waals surface area contributed by atoms with Gasteiger partial charge in [0.1, 0.15) is 17.9 Å². The van der Waals surface area contributed by atoms with E-state index in [1.807, 2.05) is 6.07 Å². The van der Waals surface area contributed by atoms with E-state index in [1.54, 1.807) is 24.5 Å². The average Bonchev–Trinajstić information content (AvgIpc) is 2.78. The minimum Gasteiger partial charge on any atom is -0.508 e. The van der Waals surface area contributed by atoms with Crippen LogP contribution in [0.1, 0.15) is 11.3 Å². The van der Waals surface area contributed by atoms with E-state index in [0.29, 0.717) is 0 Å². The summed E-state index contributed by atoms with van der Waals surface area (Å²) in [6.45, 7) is 1.56. The highest BCUT2D eigenvalue weighted by Gasteiger charge is 2.16. The molecule has 1 aliphatic rings. The second-order valence-electron chi connectivity index (χ2n) is 3.93. The molecule has 0 amide bonds. The van der Waals surface area contributed by atoms with E-state index in [4.69, 9.17) is 0 Å². The van der Waals surface area contributed by atoms with Gasteiger partial charge in [-0.2, -0.15) is 0 Å². The third-order valence-electron chi connectivity index (χ3n) is 2.74. The van der Waals surface area contributed by atoms with Gasteiger partial charge >= 0.3 is 0 Å². The van der Waals surface area contributed by atoms with E-state index in [0.717, 1.165) is 35.9 Å². The molecule has 2 aromatic rings. The maximum atomic E-state index is 9.40. The first kappa shape index (κ1) is 10.0. The van der Waals surface area contributed by atoms with Gasteiger partial charge in [-0.25, -0.2) is 9.97 Å². The number of aromatic nitrogens is 2. The number of anilines is 2. The van der Waals surface area contributed by atoms with Gasteiger partial charge in [0.2, 0.25) is 0 Å². The fraction of sp³-hybridized carbons (Fsp3) is 0.167. The Kier molecular flexibility index (Phi) is 2.38. The van der Waals surface area contributed by atoms with Gasteiger partial charge in [-0.15, -0.1) is 0 Å². The molecule has 0 saturated heterocycles. The summed E-state index contributed by atoms with van der Waals surface area (Å²) in [5, 5.41) is 15.8. The molecule has 1 aromatic heterocycles. The molecule has 0 saturated carbocycles. The van der Waals surface area contributed by atoms with Crippen LogP contribution in [-0.2, 0) is 13.1 Å². The van der Waals surface area contributed by atoms with E-state index in [-0.39, 0.29) is 5.75 Å². The Bertz CT molecular complexity index is 556. The number of fused-ring (bicyclic) bond motifs is 1. The Morgan fingerprint density at radius 1 is 1.24 bits per heavy atom. The molecule has 5 nitrogen and oxygen atoms in total. The van der Waals surface area contributed by atoms with E-state index in [9.17, 15) is 5.11 Å². The largest absolute Gasteiger partial charge is 0.508 e. The van der Waals surface area contributed by atoms with Gasteiger partial charge in [0.25, 0.3) is 0 Å². The predicted molar refractivity (Wildman–Crippen MR) is 64.0 cm³/mol. The van der Waals surface area contributed by atoms with Crippen molar-refractivity contribution >= 4 is 11.5 Å². The van der Waals surface area contributed by atoms with Crippen molar-refractivity contribution < 1.29 is 5.11 Å². The van der Waals surface area contributed by atoms with Crippen LogP contribution < -0.4 is 10.6 Å². The van der Waals surface area contributed by atoms with Crippen molar-refractivity contribution in [2.75, 3.05) is 5.32 Å². The topological polar surface area (TPSA) is 70.1 Å². The van der Waals surface area contributed by atoms with Crippen molar-refractivity contribution in [1.29, 1.82) is 0 Å². The molecule has 0 radical (unpaired) electrons. The lowest BCUT2D eigenvalue weighted by Crippen LogP contribution is -2.02. The molecular formula is C12H12N4O. The Morgan fingerprint density at radius 2 is 2.18 bits per heavy atom. The normalized spacial score (nSPS) is 13.4. The Balaban J connectivity index is 1.93. The minimum absolute atomic E-state index is 0.235. The zero-order valence-corrected chi connectivity index (χ0v) is 9.14. The fourth-order valence-electron chi connectivity index (χ4n) is 1.92. The van der Waals surface area contributed by atoms with E-state index < -0.39 is 0 Å². The standard InChI is InChI=1S/C12H12N4O/c17-9-3-1-2-8(4-9)16-12-10-5-13-6-11(10)14-7-15-12/h1-4,7,13,17H,5-6H2,(H,14,15,16). The van der Waals surface area contributed by atoms with Crippen molar-refractivity contribution in [1.82, 2.24) is 15.3 Å². The molecule has 86 valence electrons. The van der Waals surface area contributed by atoms with Crippen molar-refractivity contribution in [3.05, 3.63) is 41.9 Å². The summed E-state index contributed by atoms with van der Waals surface area (Å²) in [5.41, 5.74) is 2.94. The molecule has 0 aliphatic carbocycles. The van der Waals surface area contributed by atoms with Crippen LogP contribution in [0, 0.1) is 0 Å². The highest BCUT2D eigenvalue weighted by molar-refractivity contribution is 5.61. The number of hydrogen-bond donors (Lipinski definition) is 3. The number of nitrogens with one attached hydrogen (secondary N) is 2. The molecule has 5 heteroatoms. The maximum absolute atomic E-state index is 9.40. The lowest BCUT2D eigenvalue weighted by atomic mass is 10.2. The first-order valence-electron chi connectivity index (χ1n) is 5.42. The van der Waals surface area contributed by atoms with Crippen molar-refractivity contribution in [3.63, 3.8) is 0 Å². The van der Waals surface area contributed by atoms with Crippen LogP contribution in [0.15, 0.2) is 30.6 Å². The predicted octanol–water partition coefficient (Wildman–Crippen LogP) is 1.53. The molecule has 0 fully saturated rings. The number of benzene rings is 1. The van der Waals surface area contributed by atoms with Gasteiger partial charge in [0, 0.05) is 30.4 Å². The first-order chi connectivity index (χ1) is 8.33. The summed E-state index contributed by atoms with van der Waals surface area (Å²) in [6.07, 6.45) is 1.55. The highest BCUT2D eigenvalue weighted by atomic mass is 16.3. The molecule has 2 heterocycles. The molecule has 1 aliphatic heterocycles. The third kappa shape index (κ3) is 1.92. The number of hydrogen-bond acceptors (Lipinski definition) is 5. The number of aromatic hydroxyl groups is 1. The monoisotopic (exact) mass is 228 g/mol. The van der Waals surface area contributed by atoms with Gasteiger partial charge in [-0.1, -0.05) is 6.07 Å². The molecule has 0 unspecified atom stereocenters. The van der Waals surface area contributed by atoms with Crippen molar-refractivity contribution in [2.24, 2.45) is 0 Å². The summed E-state index contributed by atoms with van der Waals surface area (Å²) < 4.78 is 0. The van der Waals surface area contributed by atoms with Gasteiger partial charge in [-0.05, 0) is 12.1 Å². The molecular weight excluding hydrogens is 216 g/mol. The zero-order valence-electron chi connectivity index (χ0n) is 9.14. The Hall–Kier alpha value is -2.14. The van der Waals surface area contributed by atoms with Gasteiger partial charge in [0.15, 0.2) is 0 Å².